The Hall–Kier alpha value is -3.42. The van der Waals surface area contributed by atoms with Crippen molar-refractivity contribution >= 4 is 18.0 Å². The van der Waals surface area contributed by atoms with E-state index in [1.165, 1.54) is 30.7 Å². The number of benzene rings is 1. The molecule has 23 heavy (non-hydrogen) atoms. The van der Waals surface area contributed by atoms with Crippen molar-refractivity contribution in [2.45, 2.75) is 0 Å². The molecule has 1 heterocycles. The Labute approximate surface area is 131 Å². The predicted octanol–water partition coefficient (Wildman–Crippen LogP) is 0.373. The van der Waals surface area contributed by atoms with E-state index in [1.54, 1.807) is 12.1 Å². The van der Waals surface area contributed by atoms with E-state index in [4.69, 9.17) is 5.11 Å². The minimum absolute atomic E-state index is 0.0817. The molecule has 2 amide bonds. The van der Waals surface area contributed by atoms with E-state index in [0.717, 1.165) is 6.07 Å². The van der Waals surface area contributed by atoms with Gasteiger partial charge in [0.25, 0.3) is 11.8 Å². The van der Waals surface area contributed by atoms with Crippen LogP contribution in [0.2, 0.25) is 0 Å². The Balaban J connectivity index is 1.81. The summed E-state index contributed by atoms with van der Waals surface area (Å²) in [5, 5.41) is 24.8. The van der Waals surface area contributed by atoms with Crippen LogP contribution < -0.4 is 10.7 Å². The van der Waals surface area contributed by atoms with Crippen molar-refractivity contribution in [1.29, 1.82) is 0 Å². The summed E-state index contributed by atoms with van der Waals surface area (Å²) < 4.78 is 0. The molecule has 0 atom stereocenters. The lowest BCUT2D eigenvalue weighted by atomic mass is 10.2. The highest BCUT2D eigenvalue weighted by molar-refractivity contribution is 5.96. The molecule has 4 N–H and O–H groups in total. The van der Waals surface area contributed by atoms with Crippen molar-refractivity contribution in [2.24, 2.45) is 5.10 Å². The van der Waals surface area contributed by atoms with Gasteiger partial charge in [-0.25, -0.2) is 5.43 Å². The van der Waals surface area contributed by atoms with Crippen molar-refractivity contribution in [3.8, 4) is 11.5 Å². The van der Waals surface area contributed by atoms with Crippen molar-refractivity contribution in [3.05, 3.63) is 53.9 Å². The molecule has 0 aliphatic carbocycles. The number of hydrazone groups is 1. The number of aromatic nitrogens is 1. The van der Waals surface area contributed by atoms with E-state index in [0.29, 0.717) is 11.1 Å². The van der Waals surface area contributed by atoms with Crippen molar-refractivity contribution in [1.82, 2.24) is 15.7 Å². The normalized spacial score (nSPS) is 10.4. The van der Waals surface area contributed by atoms with Crippen LogP contribution in [0.5, 0.6) is 11.5 Å². The van der Waals surface area contributed by atoms with Crippen LogP contribution >= 0.6 is 0 Å². The van der Waals surface area contributed by atoms with E-state index < -0.39 is 11.8 Å². The molecule has 0 unspecified atom stereocenters. The molecule has 0 radical (unpaired) electrons. The lowest BCUT2D eigenvalue weighted by molar-refractivity contribution is -0.120. The molecule has 0 fully saturated rings. The zero-order valence-corrected chi connectivity index (χ0v) is 11.9. The Bertz CT molecular complexity index is 732. The maximum atomic E-state index is 11.7. The van der Waals surface area contributed by atoms with E-state index in [1.807, 2.05) is 0 Å². The summed E-state index contributed by atoms with van der Waals surface area (Å²) in [7, 11) is 0. The number of rotatable bonds is 5. The van der Waals surface area contributed by atoms with E-state index in [9.17, 15) is 14.7 Å². The summed E-state index contributed by atoms with van der Waals surface area (Å²) in [6, 6.07) is 7.15. The summed E-state index contributed by atoms with van der Waals surface area (Å²) in [6.45, 7) is -0.257. The molecule has 0 saturated carbocycles. The molecule has 118 valence electrons. The molecule has 2 aromatic rings. The van der Waals surface area contributed by atoms with Gasteiger partial charge < -0.3 is 15.5 Å². The average Bonchev–Trinajstić information content (AvgIpc) is 2.55. The summed E-state index contributed by atoms with van der Waals surface area (Å²) >= 11 is 0. The smallest absolute Gasteiger partial charge is 0.259 e. The molecule has 0 bridgehead atoms. The van der Waals surface area contributed by atoms with Crippen molar-refractivity contribution < 1.29 is 19.8 Å². The minimum Gasteiger partial charge on any atom is -0.508 e. The number of amides is 2. The van der Waals surface area contributed by atoms with Gasteiger partial charge in [-0.15, -0.1) is 0 Å². The van der Waals surface area contributed by atoms with Crippen molar-refractivity contribution in [3.63, 3.8) is 0 Å². The number of carbonyl (C=O) groups excluding carboxylic acids is 2. The van der Waals surface area contributed by atoms with Crippen molar-refractivity contribution in [2.75, 3.05) is 6.54 Å². The van der Waals surface area contributed by atoms with Crippen LogP contribution in [0.15, 0.2) is 47.8 Å². The number of nitrogens with one attached hydrogen (secondary N) is 2. The first-order valence-electron chi connectivity index (χ1n) is 6.58. The van der Waals surface area contributed by atoms with Gasteiger partial charge in [0.05, 0.1) is 18.3 Å². The monoisotopic (exact) mass is 314 g/mol. The quantitative estimate of drug-likeness (QED) is 0.469. The standard InChI is InChI=1S/C15H14N4O4/c20-12-4-3-10(13(21)6-12)8-18-19-14(22)9-17-15(23)11-2-1-5-16-7-11/h1-8,20-21H,9H2,(H,17,23)(H,19,22)/b18-8-. The van der Waals surface area contributed by atoms with E-state index in [2.05, 4.69) is 20.8 Å². The molecular weight excluding hydrogens is 300 g/mol. The summed E-state index contributed by atoms with van der Waals surface area (Å²) in [6.07, 6.45) is 4.14. The Kier molecular flexibility index (Phi) is 5.24. The molecule has 2 rings (SSSR count). The van der Waals surface area contributed by atoms with E-state index in [-0.39, 0.29) is 18.0 Å². The highest BCUT2D eigenvalue weighted by atomic mass is 16.3. The number of hydrogen-bond donors (Lipinski definition) is 4. The number of phenolic OH excluding ortho intramolecular Hbond substituents is 2. The number of nitrogens with zero attached hydrogens (tertiary/aromatic N) is 2. The number of pyridine rings is 1. The van der Waals surface area contributed by atoms with Gasteiger partial charge in [0.15, 0.2) is 0 Å². The second kappa shape index (κ2) is 7.55. The van der Waals surface area contributed by atoms with E-state index >= 15 is 0 Å². The molecule has 8 heteroatoms. The highest BCUT2D eigenvalue weighted by Crippen LogP contribution is 2.20. The number of phenols is 2. The lowest BCUT2D eigenvalue weighted by Gasteiger charge is -2.04. The highest BCUT2D eigenvalue weighted by Gasteiger charge is 2.07. The summed E-state index contributed by atoms with van der Waals surface area (Å²) in [5.41, 5.74) is 2.87. The largest absolute Gasteiger partial charge is 0.508 e. The van der Waals surface area contributed by atoms with Crippen LogP contribution in [0.3, 0.4) is 0 Å². The van der Waals surface area contributed by atoms with Crippen LogP contribution in [0.4, 0.5) is 0 Å². The van der Waals surface area contributed by atoms with Crippen LogP contribution in [0, 0.1) is 0 Å². The molecule has 0 aliphatic heterocycles. The predicted molar refractivity (Wildman–Crippen MR) is 82.1 cm³/mol. The van der Waals surface area contributed by atoms with Gasteiger partial charge in [-0.3, -0.25) is 14.6 Å². The molecule has 0 saturated heterocycles. The molecule has 8 nitrogen and oxygen atoms in total. The molecule has 1 aromatic heterocycles. The second-order valence-corrected chi connectivity index (χ2v) is 4.46. The number of carbonyl (C=O) groups is 2. The van der Waals surface area contributed by atoms with Gasteiger partial charge in [0, 0.05) is 24.0 Å². The van der Waals surface area contributed by atoms with Gasteiger partial charge in [-0.05, 0) is 24.3 Å². The summed E-state index contributed by atoms with van der Waals surface area (Å²) in [5.74, 6) is -1.21. The Morgan fingerprint density at radius 1 is 1.26 bits per heavy atom. The maximum Gasteiger partial charge on any atom is 0.259 e. The fourth-order valence-electron chi connectivity index (χ4n) is 1.61. The van der Waals surface area contributed by atoms with Crippen LogP contribution in [-0.4, -0.2) is 39.8 Å². The molecule has 0 spiro atoms. The van der Waals surface area contributed by atoms with Crippen LogP contribution in [-0.2, 0) is 4.79 Å². The van der Waals surface area contributed by atoms with Crippen LogP contribution in [0.25, 0.3) is 0 Å². The Morgan fingerprint density at radius 2 is 2.09 bits per heavy atom. The summed E-state index contributed by atoms with van der Waals surface area (Å²) in [4.78, 5) is 27.0. The van der Waals surface area contributed by atoms with Gasteiger partial charge >= 0.3 is 0 Å². The second-order valence-electron chi connectivity index (χ2n) is 4.46. The van der Waals surface area contributed by atoms with Gasteiger partial charge in [-0.1, -0.05) is 0 Å². The third kappa shape index (κ3) is 4.81. The molecular formula is C15H14N4O4. The minimum atomic E-state index is -0.531. The topological polar surface area (TPSA) is 124 Å². The first-order valence-corrected chi connectivity index (χ1v) is 6.58. The molecule has 1 aromatic carbocycles. The van der Waals surface area contributed by atoms with Gasteiger partial charge in [-0.2, -0.15) is 5.10 Å². The molecule has 0 aliphatic rings. The first-order chi connectivity index (χ1) is 11.1. The number of hydrogen-bond acceptors (Lipinski definition) is 6. The zero-order valence-electron chi connectivity index (χ0n) is 11.9. The van der Waals surface area contributed by atoms with Gasteiger partial charge in [0.1, 0.15) is 11.5 Å². The maximum absolute atomic E-state index is 11.7. The lowest BCUT2D eigenvalue weighted by Crippen LogP contribution is -2.34. The number of aromatic hydroxyl groups is 2. The third-order valence-electron chi connectivity index (χ3n) is 2.74. The fourth-order valence-corrected chi connectivity index (χ4v) is 1.61. The van der Waals surface area contributed by atoms with Gasteiger partial charge in [0.2, 0.25) is 0 Å². The third-order valence-corrected chi connectivity index (χ3v) is 2.74. The van der Waals surface area contributed by atoms with Crippen LogP contribution in [0.1, 0.15) is 15.9 Å². The Morgan fingerprint density at radius 3 is 2.78 bits per heavy atom. The first kappa shape index (κ1) is 16.0. The SMILES string of the molecule is O=C(CNC(=O)c1cccnc1)N/N=C\c1ccc(O)cc1O. The zero-order chi connectivity index (χ0) is 16.7. The fraction of sp³-hybridized carbons (Fsp3) is 0.0667. The average molecular weight is 314 g/mol.